The summed E-state index contributed by atoms with van der Waals surface area (Å²) in [6.07, 6.45) is 0. The molecule has 7 heteroatoms. The Bertz CT molecular complexity index is 453. The highest BCUT2D eigenvalue weighted by Gasteiger charge is 2.23. The first-order valence-corrected chi connectivity index (χ1v) is 6.67. The molecule has 1 atom stereocenters. The molecule has 1 aromatic rings. The molecule has 0 aromatic heterocycles. The van der Waals surface area contributed by atoms with Gasteiger partial charge in [-0.2, -0.15) is 0 Å². The van der Waals surface area contributed by atoms with Crippen LogP contribution in [0.15, 0.2) is 12.1 Å². The number of piperazine rings is 1. The number of nitrogens with zero attached hydrogens (tertiary/aromatic N) is 1. The van der Waals surface area contributed by atoms with Crippen LogP contribution in [0.2, 0.25) is 5.02 Å². The van der Waals surface area contributed by atoms with E-state index in [4.69, 9.17) is 21.1 Å². The Hall–Kier alpha value is -0.390. The molecule has 0 aliphatic carbocycles. The molecule has 0 unspecified atom stereocenters. The summed E-state index contributed by atoms with van der Waals surface area (Å²) in [7, 11) is 0. The molecule has 0 bridgehead atoms. The number of ether oxygens (including phenoxy) is 2. The summed E-state index contributed by atoms with van der Waals surface area (Å²) in [5, 5.41) is 4.11. The lowest BCUT2D eigenvalue weighted by atomic mass is 10.1. The maximum atomic E-state index is 6.34. The minimum atomic E-state index is 0. The van der Waals surface area contributed by atoms with Gasteiger partial charge in [0, 0.05) is 43.3 Å². The third kappa shape index (κ3) is 3.43. The predicted octanol–water partition coefficient (Wildman–Crippen LogP) is 2.88. The molecular formula is C13H19Cl3N2O2. The number of halogens is 3. The van der Waals surface area contributed by atoms with Gasteiger partial charge in [-0.15, -0.1) is 24.8 Å². The summed E-state index contributed by atoms with van der Waals surface area (Å²) in [5.74, 6) is 1.55. The summed E-state index contributed by atoms with van der Waals surface area (Å²) in [5.41, 5.74) is 1.11. The number of hydrogen-bond donors (Lipinski definition) is 1. The summed E-state index contributed by atoms with van der Waals surface area (Å²) in [6, 6.07) is 4.17. The zero-order chi connectivity index (χ0) is 12.5. The Morgan fingerprint density at radius 1 is 1.15 bits per heavy atom. The first-order chi connectivity index (χ1) is 8.75. The van der Waals surface area contributed by atoms with Gasteiger partial charge in [-0.05, 0) is 18.6 Å². The number of benzene rings is 1. The van der Waals surface area contributed by atoms with Crippen LogP contribution in [0.25, 0.3) is 0 Å². The maximum Gasteiger partial charge on any atom is 0.231 e. The predicted molar refractivity (Wildman–Crippen MR) is 84.9 cm³/mol. The van der Waals surface area contributed by atoms with Gasteiger partial charge in [0.1, 0.15) is 0 Å². The number of rotatable bonds is 2. The largest absolute Gasteiger partial charge is 0.454 e. The van der Waals surface area contributed by atoms with Crippen LogP contribution in [0.4, 0.5) is 0 Å². The van der Waals surface area contributed by atoms with E-state index in [9.17, 15) is 0 Å². The molecule has 2 aliphatic heterocycles. The van der Waals surface area contributed by atoms with Crippen LogP contribution in [-0.2, 0) is 0 Å². The van der Waals surface area contributed by atoms with Crippen LogP contribution in [0.5, 0.6) is 11.5 Å². The standard InChI is InChI=1S/C13H17ClN2O2.2ClH/c1-9(16-4-2-15-3-5-16)10-6-12-13(7-11(10)14)18-8-17-12;;/h6-7,9,15H,2-5,8H2,1H3;2*1H/t9-;;/m0../s1. The molecule has 4 nitrogen and oxygen atoms in total. The third-order valence-corrected chi connectivity index (χ3v) is 3.97. The molecule has 2 heterocycles. The van der Waals surface area contributed by atoms with Crippen molar-refractivity contribution in [2.75, 3.05) is 33.0 Å². The van der Waals surface area contributed by atoms with Crippen molar-refractivity contribution in [3.63, 3.8) is 0 Å². The van der Waals surface area contributed by atoms with Crippen LogP contribution < -0.4 is 14.8 Å². The lowest BCUT2D eigenvalue weighted by Gasteiger charge is -2.33. The molecule has 1 aromatic carbocycles. The summed E-state index contributed by atoms with van der Waals surface area (Å²) >= 11 is 6.34. The molecule has 0 spiro atoms. The van der Waals surface area contributed by atoms with Crippen molar-refractivity contribution < 1.29 is 9.47 Å². The van der Waals surface area contributed by atoms with Gasteiger partial charge in [0.15, 0.2) is 11.5 Å². The average molecular weight is 342 g/mol. The normalized spacial score (nSPS) is 18.9. The Morgan fingerprint density at radius 3 is 2.40 bits per heavy atom. The van der Waals surface area contributed by atoms with Crippen molar-refractivity contribution in [3.8, 4) is 11.5 Å². The van der Waals surface area contributed by atoms with E-state index in [-0.39, 0.29) is 31.6 Å². The topological polar surface area (TPSA) is 33.7 Å². The first kappa shape index (κ1) is 17.7. The molecule has 0 saturated carbocycles. The lowest BCUT2D eigenvalue weighted by Crippen LogP contribution is -2.44. The third-order valence-electron chi connectivity index (χ3n) is 3.64. The maximum absolute atomic E-state index is 6.34. The van der Waals surface area contributed by atoms with Crippen molar-refractivity contribution in [1.29, 1.82) is 0 Å². The monoisotopic (exact) mass is 340 g/mol. The Balaban J connectivity index is 0.000001000. The van der Waals surface area contributed by atoms with E-state index in [0.717, 1.165) is 48.3 Å². The summed E-state index contributed by atoms with van der Waals surface area (Å²) < 4.78 is 10.7. The second kappa shape index (κ2) is 7.57. The Morgan fingerprint density at radius 2 is 1.75 bits per heavy atom. The molecule has 1 N–H and O–H groups in total. The van der Waals surface area contributed by atoms with Gasteiger partial charge >= 0.3 is 0 Å². The smallest absolute Gasteiger partial charge is 0.231 e. The van der Waals surface area contributed by atoms with Gasteiger partial charge < -0.3 is 14.8 Å². The quantitative estimate of drug-likeness (QED) is 0.897. The lowest BCUT2D eigenvalue weighted by molar-refractivity contribution is 0.173. The van der Waals surface area contributed by atoms with Gasteiger partial charge in [-0.1, -0.05) is 11.6 Å². The van der Waals surface area contributed by atoms with Crippen LogP contribution in [-0.4, -0.2) is 37.9 Å². The second-order valence-electron chi connectivity index (χ2n) is 4.69. The van der Waals surface area contributed by atoms with E-state index < -0.39 is 0 Å². The fourth-order valence-electron chi connectivity index (χ4n) is 2.52. The zero-order valence-corrected chi connectivity index (χ0v) is 13.6. The van der Waals surface area contributed by atoms with Crippen LogP contribution in [0.1, 0.15) is 18.5 Å². The molecule has 114 valence electrons. The SMILES string of the molecule is C[C@@H](c1cc2c(cc1Cl)OCO2)N1CCNCC1.Cl.Cl. The van der Waals surface area contributed by atoms with Crippen LogP contribution >= 0.6 is 36.4 Å². The second-order valence-corrected chi connectivity index (χ2v) is 5.10. The van der Waals surface area contributed by atoms with E-state index in [1.165, 1.54) is 0 Å². The zero-order valence-electron chi connectivity index (χ0n) is 11.2. The number of fused-ring (bicyclic) bond motifs is 1. The highest BCUT2D eigenvalue weighted by atomic mass is 35.5. The fourth-order valence-corrected chi connectivity index (χ4v) is 2.83. The van der Waals surface area contributed by atoms with Gasteiger partial charge in [0.2, 0.25) is 6.79 Å². The van der Waals surface area contributed by atoms with Crippen molar-refractivity contribution in [2.45, 2.75) is 13.0 Å². The number of hydrogen-bond acceptors (Lipinski definition) is 4. The Labute approximate surface area is 136 Å². The van der Waals surface area contributed by atoms with Crippen LogP contribution in [0, 0.1) is 0 Å². The molecular weight excluding hydrogens is 323 g/mol. The summed E-state index contributed by atoms with van der Waals surface area (Å²) in [4.78, 5) is 2.43. The van der Waals surface area contributed by atoms with Crippen molar-refractivity contribution in [3.05, 3.63) is 22.7 Å². The highest BCUT2D eigenvalue weighted by molar-refractivity contribution is 6.31. The van der Waals surface area contributed by atoms with E-state index in [1.807, 2.05) is 12.1 Å². The van der Waals surface area contributed by atoms with Gasteiger partial charge in [0.05, 0.1) is 0 Å². The molecule has 1 fully saturated rings. The van der Waals surface area contributed by atoms with Crippen LogP contribution in [0.3, 0.4) is 0 Å². The molecule has 3 rings (SSSR count). The molecule has 0 radical (unpaired) electrons. The van der Waals surface area contributed by atoms with E-state index in [2.05, 4.69) is 17.1 Å². The minimum absolute atomic E-state index is 0. The van der Waals surface area contributed by atoms with Gasteiger partial charge in [-0.3, -0.25) is 4.90 Å². The van der Waals surface area contributed by atoms with E-state index in [1.54, 1.807) is 0 Å². The average Bonchev–Trinajstić information content (AvgIpc) is 2.85. The van der Waals surface area contributed by atoms with Crippen molar-refractivity contribution in [2.24, 2.45) is 0 Å². The highest BCUT2D eigenvalue weighted by Crippen LogP contribution is 2.40. The van der Waals surface area contributed by atoms with E-state index >= 15 is 0 Å². The number of nitrogens with one attached hydrogen (secondary N) is 1. The summed E-state index contributed by atoms with van der Waals surface area (Å²) in [6.45, 7) is 6.64. The van der Waals surface area contributed by atoms with Gasteiger partial charge in [-0.25, -0.2) is 0 Å². The van der Waals surface area contributed by atoms with Crippen molar-refractivity contribution in [1.82, 2.24) is 10.2 Å². The first-order valence-electron chi connectivity index (χ1n) is 6.29. The molecule has 0 amide bonds. The minimum Gasteiger partial charge on any atom is -0.454 e. The molecule has 2 aliphatic rings. The Kier molecular flexibility index (Phi) is 6.69. The van der Waals surface area contributed by atoms with Crippen molar-refractivity contribution >= 4 is 36.4 Å². The fraction of sp³-hybridized carbons (Fsp3) is 0.538. The molecule has 1 saturated heterocycles. The van der Waals surface area contributed by atoms with E-state index in [0.29, 0.717) is 6.04 Å². The molecule has 20 heavy (non-hydrogen) atoms. The van der Waals surface area contributed by atoms with Gasteiger partial charge in [0.25, 0.3) is 0 Å².